The minimum atomic E-state index is -2.93. The predicted molar refractivity (Wildman–Crippen MR) is 62.6 cm³/mol. The van der Waals surface area contributed by atoms with E-state index in [1.807, 2.05) is 13.8 Å². The quantitative estimate of drug-likeness (QED) is 0.647. The van der Waals surface area contributed by atoms with Gasteiger partial charge in [0.15, 0.2) is 0 Å². The molecule has 3 nitrogen and oxygen atoms in total. The summed E-state index contributed by atoms with van der Waals surface area (Å²) in [5.41, 5.74) is 0. The third kappa shape index (κ3) is 8.60. The van der Waals surface area contributed by atoms with Crippen LogP contribution in [-0.4, -0.2) is 25.7 Å². The second kappa shape index (κ2) is 6.99. The standard InChI is InChI=1S/C11H22O3S/c1-4-11(12)6-5-8-15(13,14)9-7-10(2)3/h10H,4-9H2,1-3H3. The Morgan fingerprint density at radius 3 is 2.27 bits per heavy atom. The Labute approximate surface area is 93.2 Å². The normalized spacial score (nSPS) is 12.0. The van der Waals surface area contributed by atoms with Gasteiger partial charge in [-0.15, -0.1) is 0 Å². The molecular formula is C11H22O3S. The zero-order valence-corrected chi connectivity index (χ0v) is 10.8. The summed E-state index contributed by atoms with van der Waals surface area (Å²) in [6, 6.07) is 0. The maximum absolute atomic E-state index is 11.5. The highest BCUT2D eigenvalue weighted by molar-refractivity contribution is 7.91. The average molecular weight is 234 g/mol. The molecule has 0 saturated heterocycles. The molecular weight excluding hydrogens is 212 g/mol. The van der Waals surface area contributed by atoms with E-state index >= 15 is 0 Å². The molecule has 4 heteroatoms. The lowest BCUT2D eigenvalue weighted by Gasteiger charge is -2.05. The number of hydrogen-bond acceptors (Lipinski definition) is 3. The first-order valence-corrected chi connectivity index (χ1v) is 7.41. The molecule has 0 bridgehead atoms. The van der Waals surface area contributed by atoms with Crippen molar-refractivity contribution in [2.45, 2.75) is 46.5 Å². The van der Waals surface area contributed by atoms with Crippen molar-refractivity contribution in [3.05, 3.63) is 0 Å². The van der Waals surface area contributed by atoms with E-state index in [0.717, 1.165) is 0 Å². The maximum Gasteiger partial charge on any atom is 0.150 e. The summed E-state index contributed by atoms with van der Waals surface area (Å²) in [6.45, 7) is 5.82. The lowest BCUT2D eigenvalue weighted by molar-refractivity contribution is -0.118. The van der Waals surface area contributed by atoms with Crippen LogP contribution in [0.5, 0.6) is 0 Å². The highest BCUT2D eigenvalue weighted by Crippen LogP contribution is 2.06. The molecule has 0 atom stereocenters. The Bertz CT molecular complexity index is 278. The van der Waals surface area contributed by atoms with Crippen LogP contribution in [-0.2, 0) is 14.6 Å². The molecule has 0 aromatic heterocycles. The van der Waals surface area contributed by atoms with Crippen LogP contribution in [0.3, 0.4) is 0 Å². The second-order valence-electron chi connectivity index (χ2n) is 4.33. The van der Waals surface area contributed by atoms with Crippen LogP contribution in [0.2, 0.25) is 0 Å². The maximum atomic E-state index is 11.5. The van der Waals surface area contributed by atoms with Crippen molar-refractivity contribution in [3.63, 3.8) is 0 Å². The first kappa shape index (κ1) is 14.6. The highest BCUT2D eigenvalue weighted by Gasteiger charge is 2.12. The van der Waals surface area contributed by atoms with Gasteiger partial charge >= 0.3 is 0 Å². The van der Waals surface area contributed by atoms with Gasteiger partial charge in [0.2, 0.25) is 0 Å². The average Bonchev–Trinajstić information content (AvgIpc) is 2.14. The van der Waals surface area contributed by atoms with Crippen LogP contribution >= 0.6 is 0 Å². The minimum absolute atomic E-state index is 0.147. The van der Waals surface area contributed by atoms with Gasteiger partial charge < -0.3 is 0 Å². The van der Waals surface area contributed by atoms with Crippen LogP contribution in [0.1, 0.15) is 46.5 Å². The fraction of sp³-hybridized carbons (Fsp3) is 0.909. The largest absolute Gasteiger partial charge is 0.300 e. The molecule has 0 saturated carbocycles. The topological polar surface area (TPSA) is 51.2 Å². The summed E-state index contributed by atoms with van der Waals surface area (Å²) < 4.78 is 23.0. The van der Waals surface area contributed by atoms with Gasteiger partial charge in [0.25, 0.3) is 0 Å². The zero-order valence-electron chi connectivity index (χ0n) is 9.95. The Hall–Kier alpha value is -0.380. The molecule has 0 N–H and O–H groups in total. The lowest BCUT2D eigenvalue weighted by Crippen LogP contribution is -2.13. The van der Waals surface area contributed by atoms with Crippen LogP contribution < -0.4 is 0 Å². The molecule has 0 heterocycles. The van der Waals surface area contributed by atoms with Crippen molar-refractivity contribution in [1.29, 1.82) is 0 Å². The number of Topliss-reactive ketones (excluding diaryl/α,β-unsaturated/α-hetero) is 1. The SMILES string of the molecule is CCC(=O)CCCS(=O)(=O)CCC(C)C. The molecule has 0 rings (SSSR count). The van der Waals surface area contributed by atoms with Gasteiger partial charge in [-0.05, 0) is 18.8 Å². The first-order valence-electron chi connectivity index (χ1n) is 5.59. The molecule has 0 fully saturated rings. The van der Waals surface area contributed by atoms with Crippen LogP contribution in [0, 0.1) is 5.92 Å². The van der Waals surface area contributed by atoms with E-state index in [2.05, 4.69) is 0 Å². The van der Waals surface area contributed by atoms with Gasteiger partial charge in [-0.2, -0.15) is 0 Å². The van der Waals surface area contributed by atoms with E-state index in [0.29, 0.717) is 31.6 Å². The molecule has 0 aliphatic rings. The van der Waals surface area contributed by atoms with Crippen LogP contribution in [0.25, 0.3) is 0 Å². The molecule has 0 aromatic carbocycles. The molecule has 0 aliphatic carbocycles. The van der Waals surface area contributed by atoms with Gasteiger partial charge in [-0.1, -0.05) is 20.8 Å². The van der Waals surface area contributed by atoms with Gasteiger partial charge in [0.1, 0.15) is 15.6 Å². The predicted octanol–water partition coefficient (Wildman–Crippen LogP) is 2.21. The first-order chi connectivity index (χ1) is 6.87. The number of ketones is 1. The monoisotopic (exact) mass is 234 g/mol. The van der Waals surface area contributed by atoms with Crippen molar-refractivity contribution in [2.24, 2.45) is 5.92 Å². The summed E-state index contributed by atoms with van der Waals surface area (Å²) in [6.07, 6.45) is 2.10. The number of sulfone groups is 1. The molecule has 15 heavy (non-hydrogen) atoms. The Morgan fingerprint density at radius 2 is 1.80 bits per heavy atom. The Morgan fingerprint density at radius 1 is 1.20 bits per heavy atom. The van der Waals surface area contributed by atoms with Gasteiger partial charge in [0.05, 0.1) is 11.5 Å². The van der Waals surface area contributed by atoms with Crippen molar-refractivity contribution >= 4 is 15.6 Å². The van der Waals surface area contributed by atoms with Gasteiger partial charge in [-0.25, -0.2) is 8.42 Å². The summed E-state index contributed by atoms with van der Waals surface area (Å²) in [5, 5.41) is 0. The molecule has 90 valence electrons. The van der Waals surface area contributed by atoms with E-state index in [4.69, 9.17) is 0 Å². The Kier molecular flexibility index (Phi) is 6.81. The second-order valence-corrected chi connectivity index (χ2v) is 6.63. The third-order valence-electron chi connectivity index (χ3n) is 2.31. The fourth-order valence-electron chi connectivity index (χ4n) is 1.18. The van der Waals surface area contributed by atoms with Crippen molar-refractivity contribution < 1.29 is 13.2 Å². The van der Waals surface area contributed by atoms with Crippen LogP contribution in [0.4, 0.5) is 0 Å². The number of carbonyl (C=O) groups is 1. The van der Waals surface area contributed by atoms with Gasteiger partial charge in [0, 0.05) is 12.8 Å². The van der Waals surface area contributed by atoms with Crippen LogP contribution in [0.15, 0.2) is 0 Å². The molecule has 0 aliphatic heterocycles. The highest BCUT2D eigenvalue weighted by atomic mass is 32.2. The lowest BCUT2D eigenvalue weighted by atomic mass is 10.2. The van der Waals surface area contributed by atoms with Crippen molar-refractivity contribution in [3.8, 4) is 0 Å². The third-order valence-corrected chi connectivity index (χ3v) is 4.08. The van der Waals surface area contributed by atoms with Gasteiger partial charge in [-0.3, -0.25) is 4.79 Å². The molecule has 0 aromatic rings. The zero-order chi connectivity index (χ0) is 11.9. The molecule has 0 unspecified atom stereocenters. The van der Waals surface area contributed by atoms with Crippen molar-refractivity contribution in [1.82, 2.24) is 0 Å². The molecule has 0 amide bonds. The minimum Gasteiger partial charge on any atom is -0.300 e. The molecule has 0 spiro atoms. The summed E-state index contributed by atoms with van der Waals surface area (Å²) >= 11 is 0. The van der Waals surface area contributed by atoms with E-state index in [-0.39, 0.29) is 17.3 Å². The number of hydrogen-bond donors (Lipinski definition) is 0. The Balaban J connectivity index is 3.80. The number of rotatable bonds is 8. The van der Waals surface area contributed by atoms with E-state index in [1.54, 1.807) is 6.92 Å². The smallest absolute Gasteiger partial charge is 0.150 e. The van der Waals surface area contributed by atoms with E-state index in [9.17, 15) is 13.2 Å². The summed E-state index contributed by atoms with van der Waals surface area (Å²) in [7, 11) is -2.93. The van der Waals surface area contributed by atoms with E-state index < -0.39 is 9.84 Å². The fourth-order valence-corrected chi connectivity index (χ4v) is 2.80. The molecule has 0 radical (unpaired) electrons. The summed E-state index contributed by atoms with van der Waals surface area (Å²) in [4.78, 5) is 11.0. The number of carbonyl (C=O) groups excluding carboxylic acids is 1. The van der Waals surface area contributed by atoms with Crippen molar-refractivity contribution in [2.75, 3.05) is 11.5 Å². The van der Waals surface area contributed by atoms with E-state index in [1.165, 1.54) is 0 Å². The summed E-state index contributed by atoms with van der Waals surface area (Å²) in [5.74, 6) is 0.974.